The summed E-state index contributed by atoms with van der Waals surface area (Å²) in [5.74, 6) is 0.257. The molecule has 2 rings (SSSR count). The van der Waals surface area contributed by atoms with Gasteiger partial charge in [0, 0.05) is 6.04 Å². The first kappa shape index (κ1) is 12.3. The van der Waals surface area contributed by atoms with Gasteiger partial charge < -0.3 is 10.1 Å². The Hall–Kier alpha value is -1.16. The van der Waals surface area contributed by atoms with E-state index >= 15 is 0 Å². The summed E-state index contributed by atoms with van der Waals surface area (Å²) < 4.78 is 28.6. The van der Waals surface area contributed by atoms with Crippen molar-refractivity contribution in [3.05, 3.63) is 29.3 Å². The number of fused-ring (bicyclic) bond motifs is 1. The molecular formula is C13H17F2NO. The van der Waals surface area contributed by atoms with Gasteiger partial charge in [0.1, 0.15) is 5.75 Å². The Labute approximate surface area is 100.0 Å². The summed E-state index contributed by atoms with van der Waals surface area (Å²) in [5.41, 5.74) is 2.36. The van der Waals surface area contributed by atoms with Crippen molar-refractivity contribution < 1.29 is 13.5 Å². The number of halogens is 2. The maximum atomic E-state index is 12.1. The summed E-state index contributed by atoms with van der Waals surface area (Å²) in [5, 5.41) is 3.40. The predicted molar refractivity (Wildman–Crippen MR) is 62.6 cm³/mol. The molecule has 0 radical (unpaired) electrons. The van der Waals surface area contributed by atoms with E-state index in [1.807, 2.05) is 6.07 Å². The Bertz CT molecular complexity index is 382. The lowest BCUT2D eigenvalue weighted by atomic mass is 9.96. The van der Waals surface area contributed by atoms with Gasteiger partial charge in [0.05, 0.1) is 0 Å². The fourth-order valence-electron chi connectivity index (χ4n) is 2.18. The molecule has 4 heteroatoms. The fourth-order valence-corrected chi connectivity index (χ4v) is 2.18. The largest absolute Gasteiger partial charge is 0.435 e. The number of alkyl halides is 2. The van der Waals surface area contributed by atoms with Crippen LogP contribution in [0.4, 0.5) is 8.78 Å². The van der Waals surface area contributed by atoms with E-state index in [-0.39, 0.29) is 5.75 Å². The van der Waals surface area contributed by atoms with E-state index < -0.39 is 6.61 Å². The zero-order valence-electron chi connectivity index (χ0n) is 9.88. The molecule has 0 amide bonds. The fraction of sp³-hybridized carbons (Fsp3) is 0.538. The average molecular weight is 241 g/mol. The summed E-state index contributed by atoms with van der Waals surface area (Å²) in [7, 11) is 0. The zero-order chi connectivity index (χ0) is 12.3. The van der Waals surface area contributed by atoms with Gasteiger partial charge in [0.2, 0.25) is 0 Å². The molecule has 1 heterocycles. The number of rotatable bonds is 2. The minimum atomic E-state index is -2.75. The Morgan fingerprint density at radius 2 is 2.12 bits per heavy atom. The third kappa shape index (κ3) is 3.40. The van der Waals surface area contributed by atoms with E-state index in [0.29, 0.717) is 6.04 Å². The van der Waals surface area contributed by atoms with Crippen molar-refractivity contribution in [3.8, 4) is 5.75 Å². The molecule has 0 fully saturated rings. The minimum Gasteiger partial charge on any atom is -0.435 e. The van der Waals surface area contributed by atoms with Crippen molar-refractivity contribution in [1.29, 1.82) is 0 Å². The van der Waals surface area contributed by atoms with Crippen LogP contribution in [0.15, 0.2) is 18.2 Å². The van der Waals surface area contributed by atoms with Crippen molar-refractivity contribution in [3.63, 3.8) is 0 Å². The van der Waals surface area contributed by atoms with Gasteiger partial charge >= 0.3 is 6.61 Å². The standard InChI is InChI=1S/C13H17F2NO/c1-9-2-3-10-4-5-12(17-13(14)15)8-11(10)6-7-16-9/h4-5,8-9,13,16H,2-3,6-7H2,1H3. The van der Waals surface area contributed by atoms with Crippen LogP contribution in [-0.4, -0.2) is 19.2 Å². The summed E-state index contributed by atoms with van der Waals surface area (Å²) in [4.78, 5) is 0. The summed E-state index contributed by atoms with van der Waals surface area (Å²) >= 11 is 0. The molecule has 1 aromatic carbocycles. The van der Waals surface area contributed by atoms with E-state index in [2.05, 4.69) is 17.0 Å². The highest BCUT2D eigenvalue weighted by Gasteiger charge is 2.12. The minimum absolute atomic E-state index is 0.257. The molecule has 1 N–H and O–H groups in total. The van der Waals surface area contributed by atoms with Crippen LogP contribution in [0.2, 0.25) is 0 Å². The van der Waals surface area contributed by atoms with Gasteiger partial charge in [0.25, 0.3) is 0 Å². The summed E-state index contributed by atoms with van der Waals surface area (Å²) in [6.07, 6.45) is 2.92. The molecular weight excluding hydrogens is 224 g/mol. The lowest BCUT2D eigenvalue weighted by molar-refractivity contribution is -0.0498. The first-order valence-corrected chi connectivity index (χ1v) is 5.95. The van der Waals surface area contributed by atoms with Crippen LogP contribution in [0.5, 0.6) is 5.75 Å². The molecule has 1 aliphatic heterocycles. The molecule has 17 heavy (non-hydrogen) atoms. The van der Waals surface area contributed by atoms with Crippen molar-refractivity contribution in [1.82, 2.24) is 5.32 Å². The van der Waals surface area contributed by atoms with E-state index in [0.717, 1.165) is 31.4 Å². The van der Waals surface area contributed by atoms with Crippen LogP contribution in [0.25, 0.3) is 0 Å². The molecule has 1 aromatic rings. The molecule has 1 aliphatic rings. The molecule has 1 atom stereocenters. The maximum absolute atomic E-state index is 12.1. The van der Waals surface area contributed by atoms with Crippen LogP contribution < -0.4 is 10.1 Å². The lowest BCUT2D eigenvalue weighted by Gasteiger charge is -2.20. The topological polar surface area (TPSA) is 21.3 Å². The molecule has 0 bridgehead atoms. The normalized spacial score (nSPS) is 20.6. The second kappa shape index (κ2) is 5.45. The molecule has 1 unspecified atom stereocenters. The average Bonchev–Trinajstić information content (AvgIpc) is 2.24. The van der Waals surface area contributed by atoms with Gasteiger partial charge in [-0.25, -0.2) is 0 Å². The monoisotopic (exact) mass is 241 g/mol. The second-order valence-corrected chi connectivity index (χ2v) is 4.45. The van der Waals surface area contributed by atoms with Gasteiger partial charge in [-0.3, -0.25) is 0 Å². The Kier molecular flexibility index (Phi) is 3.94. The zero-order valence-corrected chi connectivity index (χ0v) is 9.88. The number of nitrogens with one attached hydrogen (secondary N) is 1. The smallest absolute Gasteiger partial charge is 0.387 e. The maximum Gasteiger partial charge on any atom is 0.387 e. The third-order valence-electron chi connectivity index (χ3n) is 3.14. The second-order valence-electron chi connectivity index (χ2n) is 4.45. The Balaban J connectivity index is 2.16. The molecule has 0 aliphatic carbocycles. The molecule has 2 nitrogen and oxygen atoms in total. The number of ether oxygens (including phenoxy) is 1. The highest BCUT2D eigenvalue weighted by molar-refractivity contribution is 5.36. The summed E-state index contributed by atoms with van der Waals surface area (Å²) in [6.45, 7) is 0.297. The van der Waals surface area contributed by atoms with Crippen molar-refractivity contribution in [2.75, 3.05) is 6.54 Å². The SMILES string of the molecule is CC1CCc2ccc(OC(F)F)cc2CCN1. The number of hydrogen-bond acceptors (Lipinski definition) is 2. The van der Waals surface area contributed by atoms with Gasteiger partial charge in [0.15, 0.2) is 0 Å². The molecule has 94 valence electrons. The third-order valence-corrected chi connectivity index (χ3v) is 3.14. The van der Waals surface area contributed by atoms with Crippen LogP contribution in [0, 0.1) is 0 Å². The molecule has 0 spiro atoms. The van der Waals surface area contributed by atoms with Crippen molar-refractivity contribution in [2.24, 2.45) is 0 Å². The quantitative estimate of drug-likeness (QED) is 0.859. The Morgan fingerprint density at radius 3 is 2.88 bits per heavy atom. The Morgan fingerprint density at radius 1 is 1.29 bits per heavy atom. The van der Waals surface area contributed by atoms with Crippen LogP contribution in [-0.2, 0) is 12.8 Å². The highest BCUT2D eigenvalue weighted by Crippen LogP contribution is 2.22. The van der Waals surface area contributed by atoms with E-state index in [1.165, 1.54) is 5.56 Å². The van der Waals surface area contributed by atoms with Gasteiger partial charge in [-0.05, 0) is 56.0 Å². The van der Waals surface area contributed by atoms with E-state index in [4.69, 9.17) is 0 Å². The first-order valence-electron chi connectivity index (χ1n) is 5.95. The molecule has 0 aromatic heterocycles. The van der Waals surface area contributed by atoms with Gasteiger partial charge in [-0.1, -0.05) is 6.07 Å². The van der Waals surface area contributed by atoms with Gasteiger partial charge in [-0.15, -0.1) is 0 Å². The number of benzene rings is 1. The van der Waals surface area contributed by atoms with E-state index in [9.17, 15) is 8.78 Å². The van der Waals surface area contributed by atoms with Gasteiger partial charge in [-0.2, -0.15) is 8.78 Å². The van der Waals surface area contributed by atoms with Crippen LogP contribution >= 0.6 is 0 Å². The van der Waals surface area contributed by atoms with Crippen LogP contribution in [0.1, 0.15) is 24.5 Å². The number of aryl methyl sites for hydroxylation is 1. The molecule has 0 saturated heterocycles. The van der Waals surface area contributed by atoms with Crippen LogP contribution in [0.3, 0.4) is 0 Å². The summed E-state index contributed by atoms with van der Waals surface area (Å²) in [6, 6.07) is 5.79. The predicted octanol–water partition coefficient (Wildman–Crippen LogP) is 2.75. The highest BCUT2D eigenvalue weighted by atomic mass is 19.3. The molecule has 0 saturated carbocycles. The first-order chi connectivity index (χ1) is 8.15. The van der Waals surface area contributed by atoms with Crippen molar-refractivity contribution in [2.45, 2.75) is 38.8 Å². The lowest BCUT2D eigenvalue weighted by Crippen LogP contribution is -2.30. The van der Waals surface area contributed by atoms with Crippen molar-refractivity contribution >= 4 is 0 Å². The number of hydrogen-bond donors (Lipinski definition) is 1. The van der Waals surface area contributed by atoms with E-state index in [1.54, 1.807) is 12.1 Å².